The quantitative estimate of drug-likeness (QED) is 0.757. The first kappa shape index (κ1) is 16.9. The van der Waals surface area contributed by atoms with Gasteiger partial charge in [-0.3, -0.25) is 4.79 Å². The van der Waals surface area contributed by atoms with Crippen molar-refractivity contribution in [1.82, 2.24) is 20.3 Å². The van der Waals surface area contributed by atoms with Gasteiger partial charge in [-0.05, 0) is 19.9 Å². The molecule has 8 heteroatoms. The molecule has 0 aliphatic rings. The van der Waals surface area contributed by atoms with Gasteiger partial charge in [-0.2, -0.15) is 13.2 Å². The summed E-state index contributed by atoms with van der Waals surface area (Å²) in [7, 11) is 0. The molecule has 0 saturated heterocycles. The van der Waals surface area contributed by atoms with E-state index < -0.39 is 11.7 Å². The van der Waals surface area contributed by atoms with E-state index in [4.69, 9.17) is 0 Å². The Bertz CT molecular complexity index is 931. The fourth-order valence-electron chi connectivity index (χ4n) is 2.49. The highest BCUT2D eigenvalue weighted by atomic mass is 19.4. The van der Waals surface area contributed by atoms with Crippen LogP contribution in [0.1, 0.15) is 29.8 Å². The molecule has 0 fully saturated rings. The first-order valence-electron chi connectivity index (χ1n) is 7.59. The molecule has 0 bridgehead atoms. The van der Waals surface area contributed by atoms with Crippen molar-refractivity contribution in [1.29, 1.82) is 0 Å². The molecule has 0 atom stereocenters. The molecule has 2 N–H and O–H groups in total. The Hall–Kier alpha value is -2.90. The number of halogens is 3. The van der Waals surface area contributed by atoms with Crippen LogP contribution < -0.4 is 5.32 Å². The average molecular weight is 348 g/mol. The number of H-pyrrole nitrogens is 1. The molecule has 130 valence electrons. The number of aromatic amines is 1. The SMILES string of the molecule is CC(C)NC(=O)c1c[nH]c2ncc(-c3ccccc3C(F)(F)F)nc12. The number of nitrogens with zero attached hydrogens (tertiary/aromatic N) is 2. The van der Waals surface area contributed by atoms with Crippen LogP contribution >= 0.6 is 0 Å². The van der Waals surface area contributed by atoms with Crippen molar-refractivity contribution in [3.05, 3.63) is 47.8 Å². The fraction of sp³-hybridized carbons (Fsp3) is 0.235. The molecule has 0 unspecified atom stereocenters. The smallest absolute Gasteiger partial charge is 0.350 e. The maximum absolute atomic E-state index is 13.2. The van der Waals surface area contributed by atoms with E-state index in [1.165, 1.54) is 30.6 Å². The second-order valence-corrected chi connectivity index (χ2v) is 5.83. The minimum atomic E-state index is -4.51. The van der Waals surface area contributed by atoms with Gasteiger partial charge in [-0.15, -0.1) is 0 Å². The molecule has 2 aromatic heterocycles. The molecular formula is C17H15F3N4O. The molecule has 3 aromatic rings. The van der Waals surface area contributed by atoms with E-state index in [2.05, 4.69) is 20.3 Å². The topological polar surface area (TPSA) is 70.7 Å². The molecule has 0 aliphatic heterocycles. The lowest BCUT2D eigenvalue weighted by atomic mass is 10.0. The Kier molecular flexibility index (Phi) is 4.20. The molecular weight excluding hydrogens is 333 g/mol. The Morgan fingerprint density at radius 3 is 2.64 bits per heavy atom. The fourth-order valence-corrected chi connectivity index (χ4v) is 2.49. The molecule has 5 nitrogen and oxygen atoms in total. The van der Waals surface area contributed by atoms with Gasteiger partial charge in [0, 0.05) is 17.8 Å². The van der Waals surface area contributed by atoms with Crippen LogP contribution in [0.25, 0.3) is 22.4 Å². The lowest BCUT2D eigenvalue weighted by Gasteiger charge is -2.12. The van der Waals surface area contributed by atoms with Crippen LogP contribution in [0.5, 0.6) is 0 Å². The molecule has 1 amide bonds. The number of amides is 1. The van der Waals surface area contributed by atoms with Crippen LogP contribution in [0.2, 0.25) is 0 Å². The number of aromatic nitrogens is 3. The van der Waals surface area contributed by atoms with Gasteiger partial charge < -0.3 is 10.3 Å². The van der Waals surface area contributed by atoms with Crippen molar-refractivity contribution < 1.29 is 18.0 Å². The number of hydrogen-bond donors (Lipinski definition) is 2. The normalized spacial score (nSPS) is 11.9. The number of carbonyl (C=O) groups excluding carboxylic acids is 1. The molecule has 3 rings (SSSR count). The van der Waals surface area contributed by atoms with Gasteiger partial charge in [-0.25, -0.2) is 9.97 Å². The number of benzene rings is 1. The van der Waals surface area contributed by atoms with Gasteiger partial charge in [0.2, 0.25) is 0 Å². The molecule has 0 spiro atoms. The second kappa shape index (κ2) is 6.19. The van der Waals surface area contributed by atoms with Crippen LogP contribution in [-0.2, 0) is 6.18 Å². The summed E-state index contributed by atoms with van der Waals surface area (Å²) in [5.74, 6) is -0.364. The van der Waals surface area contributed by atoms with E-state index in [9.17, 15) is 18.0 Å². The largest absolute Gasteiger partial charge is 0.417 e. The molecule has 0 saturated carbocycles. The molecule has 0 radical (unpaired) electrons. The van der Waals surface area contributed by atoms with Crippen LogP contribution in [-0.4, -0.2) is 26.9 Å². The standard InChI is InChI=1S/C17H15F3N4O/c1-9(2)23-16(25)11-7-21-15-14(11)24-13(8-22-15)10-5-3-4-6-12(10)17(18,19)20/h3-9H,1-2H3,(H,21,22)(H,23,25). The van der Waals surface area contributed by atoms with Crippen molar-refractivity contribution in [3.63, 3.8) is 0 Å². The van der Waals surface area contributed by atoms with Crippen LogP contribution in [0.3, 0.4) is 0 Å². The first-order valence-corrected chi connectivity index (χ1v) is 7.59. The summed E-state index contributed by atoms with van der Waals surface area (Å²) in [4.78, 5) is 23.4. The molecule has 25 heavy (non-hydrogen) atoms. The zero-order chi connectivity index (χ0) is 18.2. The third kappa shape index (κ3) is 3.33. The van der Waals surface area contributed by atoms with Crippen molar-refractivity contribution in [3.8, 4) is 11.3 Å². The minimum Gasteiger partial charge on any atom is -0.350 e. The van der Waals surface area contributed by atoms with E-state index in [0.29, 0.717) is 5.65 Å². The highest BCUT2D eigenvalue weighted by molar-refractivity contribution is 6.04. The monoisotopic (exact) mass is 348 g/mol. The van der Waals surface area contributed by atoms with Crippen LogP contribution in [0, 0.1) is 0 Å². The number of rotatable bonds is 3. The maximum Gasteiger partial charge on any atom is 0.417 e. The Balaban J connectivity index is 2.13. The Morgan fingerprint density at radius 1 is 1.24 bits per heavy atom. The van der Waals surface area contributed by atoms with Gasteiger partial charge in [0.05, 0.1) is 23.0 Å². The number of carbonyl (C=O) groups is 1. The number of hydrogen-bond acceptors (Lipinski definition) is 3. The minimum absolute atomic E-state index is 0.0543. The second-order valence-electron chi connectivity index (χ2n) is 5.83. The zero-order valence-electron chi connectivity index (χ0n) is 13.5. The summed E-state index contributed by atoms with van der Waals surface area (Å²) in [6.45, 7) is 3.62. The Labute approximate surface area is 141 Å². The van der Waals surface area contributed by atoms with Gasteiger partial charge in [0.25, 0.3) is 5.91 Å². The summed E-state index contributed by atoms with van der Waals surface area (Å²) in [5, 5.41) is 2.73. The van der Waals surface area contributed by atoms with Crippen LogP contribution in [0.15, 0.2) is 36.7 Å². The van der Waals surface area contributed by atoms with E-state index in [-0.39, 0.29) is 34.3 Å². The van der Waals surface area contributed by atoms with Crippen LogP contribution in [0.4, 0.5) is 13.2 Å². The van der Waals surface area contributed by atoms with E-state index in [1.54, 1.807) is 0 Å². The zero-order valence-corrected chi connectivity index (χ0v) is 13.5. The van der Waals surface area contributed by atoms with Crippen molar-refractivity contribution in [2.75, 3.05) is 0 Å². The van der Waals surface area contributed by atoms with E-state index in [1.807, 2.05) is 13.8 Å². The van der Waals surface area contributed by atoms with Crippen molar-refractivity contribution in [2.24, 2.45) is 0 Å². The van der Waals surface area contributed by atoms with Gasteiger partial charge in [0.15, 0.2) is 5.65 Å². The molecule has 0 aliphatic carbocycles. The van der Waals surface area contributed by atoms with Gasteiger partial charge in [0.1, 0.15) is 5.52 Å². The number of nitrogens with one attached hydrogen (secondary N) is 2. The predicted octanol–water partition coefficient (Wildman–Crippen LogP) is 3.78. The van der Waals surface area contributed by atoms with Crippen molar-refractivity contribution in [2.45, 2.75) is 26.1 Å². The average Bonchev–Trinajstić information content (AvgIpc) is 2.96. The summed E-state index contributed by atoms with van der Waals surface area (Å²) in [6.07, 6.45) is -1.81. The van der Waals surface area contributed by atoms with E-state index >= 15 is 0 Å². The number of fused-ring (bicyclic) bond motifs is 1. The molecule has 1 aromatic carbocycles. The van der Waals surface area contributed by atoms with E-state index in [0.717, 1.165) is 6.07 Å². The summed E-state index contributed by atoms with van der Waals surface area (Å²) in [5.41, 5.74) is -0.0240. The highest BCUT2D eigenvalue weighted by Crippen LogP contribution is 2.36. The summed E-state index contributed by atoms with van der Waals surface area (Å²) >= 11 is 0. The summed E-state index contributed by atoms with van der Waals surface area (Å²) in [6, 6.07) is 5.06. The third-order valence-corrected chi connectivity index (χ3v) is 3.55. The number of alkyl halides is 3. The van der Waals surface area contributed by atoms with Crippen molar-refractivity contribution >= 4 is 17.1 Å². The lowest BCUT2D eigenvalue weighted by Crippen LogP contribution is -2.29. The van der Waals surface area contributed by atoms with Gasteiger partial charge in [-0.1, -0.05) is 18.2 Å². The highest BCUT2D eigenvalue weighted by Gasteiger charge is 2.33. The first-order chi connectivity index (χ1) is 11.8. The Morgan fingerprint density at radius 2 is 1.96 bits per heavy atom. The van der Waals surface area contributed by atoms with Gasteiger partial charge >= 0.3 is 6.18 Å². The maximum atomic E-state index is 13.2. The molecule has 2 heterocycles. The lowest BCUT2D eigenvalue weighted by molar-refractivity contribution is -0.137. The third-order valence-electron chi connectivity index (χ3n) is 3.55. The summed E-state index contributed by atoms with van der Waals surface area (Å²) < 4.78 is 39.7. The predicted molar refractivity (Wildman–Crippen MR) is 86.9 cm³/mol.